The van der Waals surface area contributed by atoms with Crippen molar-refractivity contribution < 1.29 is 13.9 Å². The molecule has 1 amide bonds. The molecule has 0 spiro atoms. The summed E-state index contributed by atoms with van der Waals surface area (Å²) in [4.78, 5) is 13.7. The highest BCUT2D eigenvalue weighted by Crippen LogP contribution is 2.19. The Morgan fingerprint density at radius 1 is 1.31 bits per heavy atom. The molecule has 1 aromatic heterocycles. The van der Waals surface area contributed by atoms with Gasteiger partial charge in [-0.1, -0.05) is 30.2 Å². The number of aryl methyl sites for hydroxylation is 3. The zero-order valence-corrected chi connectivity index (χ0v) is 15.0. The summed E-state index contributed by atoms with van der Waals surface area (Å²) in [7, 11) is 1.65. The number of aromatic nitrogens is 2. The van der Waals surface area contributed by atoms with Gasteiger partial charge in [0.25, 0.3) is 0 Å². The molecule has 0 bridgehead atoms. The molecule has 0 N–H and O–H groups in total. The summed E-state index contributed by atoms with van der Waals surface area (Å²) in [6, 6.07) is 7.83. The topological polar surface area (TPSA) is 68.5 Å². The molecule has 0 saturated heterocycles. The minimum absolute atomic E-state index is 0.0587. The van der Waals surface area contributed by atoms with Gasteiger partial charge >= 0.3 is 0 Å². The van der Waals surface area contributed by atoms with Gasteiger partial charge in [-0.15, -0.1) is 23.2 Å². The van der Waals surface area contributed by atoms with Crippen molar-refractivity contribution in [2.45, 2.75) is 25.7 Å². The van der Waals surface area contributed by atoms with E-state index in [0.717, 1.165) is 17.7 Å². The van der Waals surface area contributed by atoms with E-state index >= 15 is 0 Å². The van der Waals surface area contributed by atoms with Gasteiger partial charge in [0.2, 0.25) is 17.7 Å². The average molecular weight is 353 g/mol. The molecule has 0 saturated carbocycles. The Kier molecular flexibility index (Phi) is 7.44. The van der Waals surface area contributed by atoms with E-state index in [4.69, 9.17) is 15.6 Å². The van der Waals surface area contributed by atoms with Gasteiger partial charge in [-0.05, 0) is 18.1 Å². The van der Waals surface area contributed by atoms with Crippen LogP contribution >= 0.6 is 0 Å². The standard InChI is InChI=1S/C20H23N3O3/c1-4-14-23(15-5-2)20(24)13-12-19-22-21-18(26-19)11-10-16-8-6-7-9-17(16)25-3/h1,5-9H,2,10-15H2,3H3. The van der Waals surface area contributed by atoms with Crippen molar-refractivity contribution in [3.63, 3.8) is 0 Å². The first-order chi connectivity index (χ1) is 12.7. The van der Waals surface area contributed by atoms with Gasteiger partial charge in [0.1, 0.15) is 5.75 Å². The molecule has 1 aromatic carbocycles. The molecule has 0 unspecified atom stereocenters. The lowest BCUT2D eigenvalue weighted by Crippen LogP contribution is -2.31. The summed E-state index contributed by atoms with van der Waals surface area (Å²) in [5.41, 5.74) is 1.08. The van der Waals surface area contributed by atoms with Gasteiger partial charge in [0, 0.05) is 25.8 Å². The number of para-hydroxylation sites is 1. The maximum atomic E-state index is 12.2. The third-order valence-corrected chi connectivity index (χ3v) is 3.85. The number of ether oxygens (including phenoxy) is 1. The Labute approximate surface area is 153 Å². The summed E-state index contributed by atoms with van der Waals surface area (Å²) in [6.45, 7) is 4.32. The smallest absolute Gasteiger partial charge is 0.224 e. The van der Waals surface area contributed by atoms with Crippen LogP contribution in [0.5, 0.6) is 5.75 Å². The summed E-state index contributed by atoms with van der Waals surface area (Å²) in [6.07, 6.45) is 8.94. The highest BCUT2D eigenvalue weighted by Gasteiger charge is 2.14. The molecule has 1 heterocycles. The number of benzene rings is 1. The number of nitrogens with zero attached hydrogens (tertiary/aromatic N) is 3. The van der Waals surface area contributed by atoms with Crippen molar-refractivity contribution in [2.24, 2.45) is 0 Å². The molecule has 0 fully saturated rings. The molecule has 26 heavy (non-hydrogen) atoms. The fourth-order valence-corrected chi connectivity index (χ4v) is 2.53. The predicted octanol–water partition coefficient (Wildman–Crippen LogP) is 2.44. The van der Waals surface area contributed by atoms with Crippen LogP contribution in [0.15, 0.2) is 41.3 Å². The van der Waals surface area contributed by atoms with Crippen LogP contribution in [0, 0.1) is 12.3 Å². The van der Waals surface area contributed by atoms with Crippen molar-refractivity contribution >= 4 is 5.91 Å². The fourth-order valence-electron chi connectivity index (χ4n) is 2.53. The summed E-state index contributed by atoms with van der Waals surface area (Å²) < 4.78 is 11.0. The van der Waals surface area contributed by atoms with E-state index in [0.29, 0.717) is 31.2 Å². The van der Waals surface area contributed by atoms with Crippen LogP contribution in [0.25, 0.3) is 0 Å². The van der Waals surface area contributed by atoms with Gasteiger partial charge < -0.3 is 14.1 Å². The maximum Gasteiger partial charge on any atom is 0.224 e. The van der Waals surface area contributed by atoms with Gasteiger partial charge in [-0.25, -0.2) is 0 Å². The van der Waals surface area contributed by atoms with Crippen LogP contribution in [0.4, 0.5) is 0 Å². The summed E-state index contributed by atoms with van der Waals surface area (Å²) in [5.74, 6) is 4.25. The average Bonchev–Trinajstić information content (AvgIpc) is 3.12. The molecule has 0 aliphatic rings. The second-order valence-electron chi connectivity index (χ2n) is 5.67. The number of carbonyl (C=O) groups is 1. The molecule has 0 radical (unpaired) electrons. The highest BCUT2D eigenvalue weighted by molar-refractivity contribution is 5.76. The zero-order valence-electron chi connectivity index (χ0n) is 15.0. The van der Waals surface area contributed by atoms with E-state index in [1.807, 2.05) is 24.3 Å². The molecule has 0 aliphatic carbocycles. The van der Waals surface area contributed by atoms with E-state index in [9.17, 15) is 4.79 Å². The third-order valence-electron chi connectivity index (χ3n) is 3.85. The predicted molar refractivity (Wildman–Crippen MR) is 98.6 cm³/mol. The molecule has 2 aromatic rings. The first kappa shape index (κ1) is 19.3. The first-order valence-corrected chi connectivity index (χ1v) is 8.43. The number of amides is 1. The molecule has 0 aliphatic heterocycles. The minimum atomic E-state index is -0.0587. The van der Waals surface area contributed by atoms with E-state index < -0.39 is 0 Å². The number of rotatable bonds is 10. The summed E-state index contributed by atoms with van der Waals surface area (Å²) in [5, 5.41) is 8.07. The first-order valence-electron chi connectivity index (χ1n) is 8.43. The normalized spacial score (nSPS) is 10.2. The van der Waals surface area contributed by atoms with Crippen LogP contribution in [0.3, 0.4) is 0 Å². The Morgan fingerprint density at radius 3 is 2.73 bits per heavy atom. The Hall–Kier alpha value is -3.07. The SMILES string of the molecule is C#CCN(CC=C)C(=O)CCc1nnc(CCc2ccccc2OC)o1. The number of hydrogen-bond donors (Lipinski definition) is 0. The molecule has 0 atom stereocenters. The lowest BCUT2D eigenvalue weighted by Gasteiger charge is -2.17. The van der Waals surface area contributed by atoms with Gasteiger partial charge in [-0.3, -0.25) is 4.79 Å². The third kappa shape index (κ3) is 5.49. The van der Waals surface area contributed by atoms with Crippen LogP contribution < -0.4 is 4.74 Å². The van der Waals surface area contributed by atoms with Crippen LogP contribution in [-0.2, 0) is 24.1 Å². The Balaban J connectivity index is 1.86. The van der Waals surface area contributed by atoms with Gasteiger partial charge in [0.15, 0.2) is 0 Å². The second kappa shape index (κ2) is 10.0. The summed E-state index contributed by atoms with van der Waals surface area (Å²) >= 11 is 0. The largest absolute Gasteiger partial charge is 0.496 e. The van der Waals surface area contributed by atoms with Crippen molar-refractivity contribution in [2.75, 3.05) is 20.2 Å². The lowest BCUT2D eigenvalue weighted by atomic mass is 10.1. The fraction of sp³-hybridized carbons (Fsp3) is 0.350. The van der Waals surface area contributed by atoms with Crippen molar-refractivity contribution in [3.05, 3.63) is 54.3 Å². The van der Waals surface area contributed by atoms with Crippen LogP contribution in [0.2, 0.25) is 0 Å². The lowest BCUT2D eigenvalue weighted by molar-refractivity contribution is -0.130. The molecule has 6 heteroatoms. The zero-order chi connectivity index (χ0) is 18.8. The molecule has 6 nitrogen and oxygen atoms in total. The monoisotopic (exact) mass is 353 g/mol. The molecular weight excluding hydrogens is 330 g/mol. The minimum Gasteiger partial charge on any atom is -0.496 e. The maximum absolute atomic E-state index is 12.2. The van der Waals surface area contributed by atoms with E-state index in [-0.39, 0.29) is 18.9 Å². The molecule has 2 rings (SSSR count). The molecular formula is C20H23N3O3. The number of carbonyl (C=O) groups excluding carboxylic acids is 1. The second-order valence-corrected chi connectivity index (χ2v) is 5.67. The Morgan fingerprint density at radius 2 is 2.04 bits per heavy atom. The van der Waals surface area contributed by atoms with E-state index in [1.54, 1.807) is 18.1 Å². The number of terminal acetylenes is 1. The highest BCUT2D eigenvalue weighted by atomic mass is 16.5. The van der Waals surface area contributed by atoms with Crippen LogP contribution in [-0.4, -0.2) is 41.2 Å². The van der Waals surface area contributed by atoms with E-state index in [1.165, 1.54) is 0 Å². The number of methoxy groups -OCH3 is 1. The van der Waals surface area contributed by atoms with Crippen molar-refractivity contribution in [1.82, 2.24) is 15.1 Å². The quantitative estimate of drug-likeness (QED) is 0.485. The van der Waals surface area contributed by atoms with E-state index in [2.05, 4.69) is 22.7 Å². The van der Waals surface area contributed by atoms with Gasteiger partial charge in [0.05, 0.1) is 13.7 Å². The Bertz CT molecular complexity index is 777. The number of hydrogen-bond acceptors (Lipinski definition) is 5. The van der Waals surface area contributed by atoms with Crippen molar-refractivity contribution in [3.8, 4) is 18.1 Å². The van der Waals surface area contributed by atoms with Gasteiger partial charge in [-0.2, -0.15) is 0 Å². The van der Waals surface area contributed by atoms with Crippen molar-refractivity contribution in [1.29, 1.82) is 0 Å². The van der Waals surface area contributed by atoms with Crippen LogP contribution in [0.1, 0.15) is 23.8 Å². The molecule has 136 valence electrons.